The Kier molecular flexibility index (Phi) is 2.84. The minimum atomic E-state index is -0.919. The van der Waals surface area contributed by atoms with Crippen molar-refractivity contribution in [3.63, 3.8) is 0 Å². The van der Waals surface area contributed by atoms with Crippen LogP contribution >= 0.6 is 15.9 Å². The van der Waals surface area contributed by atoms with Crippen molar-refractivity contribution in [1.29, 1.82) is 0 Å². The van der Waals surface area contributed by atoms with Gasteiger partial charge in [-0.3, -0.25) is 9.59 Å². The first-order valence-corrected chi connectivity index (χ1v) is 5.85. The molecular weight excluding hydrogens is 272 g/mol. The quantitative estimate of drug-likeness (QED) is 0.908. The average molecular weight is 283 g/mol. The molecule has 0 amide bonds. The van der Waals surface area contributed by atoms with Gasteiger partial charge in [-0.15, -0.1) is 0 Å². The molecule has 1 aromatic rings. The van der Waals surface area contributed by atoms with E-state index in [-0.39, 0.29) is 18.1 Å². The number of carbonyl (C=O) groups is 2. The second-order valence-corrected chi connectivity index (χ2v) is 5.00. The predicted octanol–water partition coefficient (Wildman–Crippen LogP) is 2.84. The number of benzene rings is 1. The van der Waals surface area contributed by atoms with Gasteiger partial charge < -0.3 is 5.11 Å². The molecule has 2 rings (SSSR count). The lowest BCUT2D eigenvalue weighted by atomic mass is 9.91. The lowest BCUT2D eigenvalue weighted by molar-refractivity contribution is -0.137. The van der Waals surface area contributed by atoms with Crippen molar-refractivity contribution in [3.8, 4) is 0 Å². The minimum Gasteiger partial charge on any atom is -0.481 e. The molecule has 1 aliphatic rings. The number of hydrogen-bond acceptors (Lipinski definition) is 2. The molecule has 84 valence electrons. The number of ketones is 1. The molecule has 0 aliphatic heterocycles. The first-order valence-electron chi connectivity index (χ1n) is 5.06. The molecule has 0 aromatic heterocycles. The highest BCUT2D eigenvalue weighted by Gasteiger charge is 2.38. The standard InChI is InChI=1S/C12H11BrO3/c1-6-9-4-7(13)2-3-8(9)12(16)10(6)5-11(14)15/h2-4,6,10H,5H2,1H3,(H,14,15). The van der Waals surface area contributed by atoms with Crippen LogP contribution in [0.4, 0.5) is 0 Å². The number of hydrogen-bond donors (Lipinski definition) is 1. The number of Topliss-reactive ketones (excluding diaryl/α,β-unsaturated/α-hetero) is 1. The second kappa shape index (κ2) is 4.01. The number of carboxylic acids is 1. The SMILES string of the molecule is CC1c2cc(Br)ccc2C(=O)C1CC(=O)O. The Balaban J connectivity index is 2.40. The Hall–Kier alpha value is -1.16. The summed E-state index contributed by atoms with van der Waals surface area (Å²) in [5.74, 6) is -1.40. The summed E-state index contributed by atoms with van der Waals surface area (Å²) in [5, 5.41) is 8.78. The maximum atomic E-state index is 12.0. The fourth-order valence-corrected chi connectivity index (χ4v) is 2.61. The Bertz CT molecular complexity index is 467. The van der Waals surface area contributed by atoms with E-state index in [4.69, 9.17) is 5.11 Å². The number of halogens is 1. The lowest BCUT2D eigenvalue weighted by Gasteiger charge is -2.11. The Labute approximate surface area is 102 Å². The summed E-state index contributed by atoms with van der Waals surface area (Å²) in [6.07, 6.45) is -0.0910. The van der Waals surface area contributed by atoms with E-state index in [1.807, 2.05) is 19.1 Å². The van der Waals surface area contributed by atoms with Gasteiger partial charge in [0.15, 0.2) is 5.78 Å². The molecule has 2 unspecified atom stereocenters. The zero-order valence-corrected chi connectivity index (χ0v) is 10.3. The second-order valence-electron chi connectivity index (χ2n) is 4.09. The van der Waals surface area contributed by atoms with Gasteiger partial charge in [0.2, 0.25) is 0 Å². The Morgan fingerprint density at radius 2 is 2.19 bits per heavy atom. The molecule has 1 N–H and O–H groups in total. The van der Waals surface area contributed by atoms with E-state index in [9.17, 15) is 9.59 Å². The van der Waals surface area contributed by atoms with E-state index in [1.54, 1.807) is 6.07 Å². The number of aliphatic carboxylic acids is 1. The van der Waals surface area contributed by atoms with Gasteiger partial charge in [-0.2, -0.15) is 0 Å². The van der Waals surface area contributed by atoms with Crippen molar-refractivity contribution in [2.75, 3.05) is 0 Å². The van der Waals surface area contributed by atoms with Gasteiger partial charge in [0.1, 0.15) is 0 Å². The van der Waals surface area contributed by atoms with Gasteiger partial charge >= 0.3 is 5.97 Å². The van der Waals surface area contributed by atoms with Crippen LogP contribution < -0.4 is 0 Å². The molecule has 3 nitrogen and oxygen atoms in total. The van der Waals surface area contributed by atoms with Gasteiger partial charge in [-0.1, -0.05) is 22.9 Å². The zero-order chi connectivity index (χ0) is 11.9. The van der Waals surface area contributed by atoms with Crippen molar-refractivity contribution >= 4 is 27.7 Å². The number of fused-ring (bicyclic) bond motifs is 1. The first kappa shape index (κ1) is 11.3. The van der Waals surface area contributed by atoms with Gasteiger partial charge in [-0.05, 0) is 29.7 Å². The van der Waals surface area contributed by atoms with Crippen LogP contribution in [-0.2, 0) is 4.79 Å². The summed E-state index contributed by atoms with van der Waals surface area (Å²) < 4.78 is 0.918. The fraction of sp³-hybridized carbons (Fsp3) is 0.333. The van der Waals surface area contributed by atoms with Crippen molar-refractivity contribution in [2.45, 2.75) is 19.3 Å². The molecule has 0 spiro atoms. The van der Waals surface area contributed by atoms with Crippen LogP contribution in [0.25, 0.3) is 0 Å². The van der Waals surface area contributed by atoms with Crippen molar-refractivity contribution in [2.24, 2.45) is 5.92 Å². The third-order valence-corrected chi connectivity index (χ3v) is 3.60. The fourth-order valence-electron chi connectivity index (χ4n) is 2.24. The number of carbonyl (C=O) groups excluding carboxylic acids is 1. The molecule has 1 aromatic carbocycles. The molecular formula is C12H11BrO3. The summed E-state index contributed by atoms with van der Waals surface area (Å²) >= 11 is 3.36. The van der Waals surface area contributed by atoms with Crippen LogP contribution in [0.2, 0.25) is 0 Å². The highest BCUT2D eigenvalue weighted by molar-refractivity contribution is 9.10. The minimum absolute atomic E-state index is 0.0175. The van der Waals surface area contributed by atoms with Gasteiger partial charge in [0.25, 0.3) is 0 Å². The normalized spacial score (nSPS) is 23.2. The van der Waals surface area contributed by atoms with Gasteiger partial charge in [0, 0.05) is 16.0 Å². The third-order valence-electron chi connectivity index (χ3n) is 3.10. The zero-order valence-electron chi connectivity index (χ0n) is 8.74. The maximum absolute atomic E-state index is 12.0. The summed E-state index contributed by atoms with van der Waals surface area (Å²) in [6.45, 7) is 1.91. The summed E-state index contributed by atoms with van der Waals surface area (Å²) in [4.78, 5) is 22.7. The maximum Gasteiger partial charge on any atom is 0.304 e. The Morgan fingerprint density at radius 3 is 2.81 bits per heavy atom. The molecule has 0 heterocycles. The van der Waals surface area contributed by atoms with E-state index in [2.05, 4.69) is 15.9 Å². The summed E-state index contributed by atoms with van der Waals surface area (Å²) in [6, 6.07) is 5.48. The molecule has 0 bridgehead atoms. The van der Waals surface area contributed by atoms with E-state index >= 15 is 0 Å². The van der Waals surface area contributed by atoms with Crippen LogP contribution in [0, 0.1) is 5.92 Å². The molecule has 16 heavy (non-hydrogen) atoms. The van der Waals surface area contributed by atoms with E-state index in [0.29, 0.717) is 5.56 Å². The smallest absolute Gasteiger partial charge is 0.304 e. The number of carboxylic acid groups (broad SMARTS) is 1. The average Bonchev–Trinajstić information content (AvgIpc) is 2.43. The molecule has 0 saturated heterocycles. The molecule has 0 fully saturated rings. The first-order chi connectivity index (χ1) is 7.50. The van der Waals surface area contributed by atoms with Gasteiger partial charge in [0.05, 0.1) is 6.42 Å². The molecule has 0 radical (unpaired) electrons. The van der Waals surface area contributed by atoms with Crippen molar-refractivity contribution < 1.29 is 14.7 Å². The van der Waals surface area contributed by atoms with Crippen LogP contribution in [0.15, 0.2) is 22.7 Å². The highest BCUT2D eigenvalue weighted by atomic mass is 79.9. The molecule has 4 heteroatoms. The highest BCUT2D eigenvalue weighted by Crippen LogP contribution is 2.40. The van der Waals surface area contributed by atoms with E-state index in [1.165, 1.54) is 0 Å². The molecule has 2 atom stereocenters. The molecule has 1 aliphatic carbocycles. The van der Waals surface area contributed by atoms with Crippen molar-refractivity contribution in [3.05, 3.63) is 33.8 Å². The lowest BCUT2D eigenvalue weighted by Crippen LogP contribution is -2.16. The number of rotatable bonds is 2. The predicted molar refractivity (Wildman–Crippen MR) is 62.6 cm³/mol. The molecule has 0 saturated carbocycles. The summed E-state index contributed by atoms with van der Waals surface area (Å²) in [5.41, 5.74) is 1.62. The van der Waals surface area contributed by atoms with Crippen molar-refractivity contribution in [1.82, 2.24) is 0 Å². The topological polar surface area (TPSA) is 54.4 Å². The monoisotopic (exact) mass is 282 g/mol. The van der Waals surface area contributed by atoms with E-state index < -0.39 is 11.9 Å². The van der Waals surface area contributed by atoms with Crippen LogP contribution in [0.3, 0.4) is 0 Å². The largest absolute Gasteiger partial charge is 0.481 e. The van der Waals surface area contributed by atoms with E-state index in [0.717, 1.165) is 10.0 Å². The Morgan fingerprint density at radius 1 is 1.50 bits per heavy atom. The van der Waals surface area contributed by atoms with Crippen LogP contribution in [0.5, 0.6) is 0 Å². The van der Waals surface area contributed by atoms with Crippen LogP contribution in [0.1, 0.15) is 35.2 Å². The van der Waals surface area contributed by atoms with Gasteiger partial charge in [-0.25, -0.2) is 0 Å². The van der Waals surface area contributed by atoms with Crippen LogP contribution in [-0.4, -0.2) is 16.9 Å². The summed E-state index contributed by atoms with van der Waals surface area (Å²) in [7, 11) is 0. The third kappa shape index (κ3) is 1.78.